The number of carbonyl (C=O) groups excluding carboxylic acids is 1. The number of ether oxygens (including phenoxy) is 1. The number of halogens is 3. The van der Waals surface area contributed by atoms with Gasteiger partial charge in [0, 0.05) is 43.1 Å². The van der Waals surface area contributed by atoms with Crippen LogP contribution in [0.2, 0.25) is 0 Å². The van der Waals surface area contributed by atoms with E-state index in [0.29, 0.717) is 44.5 Å². The fraction of sp³-hybridized carbons (Fsp3) is 0.440. The number of anilines is 2. The molecule has 7 nitrogen and oxygen atoms in total. The van der Waals surface area contributed by atoms with Crippen LogP contribution in [0, 0.1) is 0 Å². The van der Waals surface area contributed by atoms with E-state index in [2.05, 4.69) is 28.8 Å². The van der Waals surface area contributed by atoms with Gasteiger partial charge in [0.05, 0.1) is 19.1 Å². The lowest BCUT2D eigenvalue weighted by atomic mass is 10.1. The third-order valence-electron chi connectivity index (χ3n) is 6.60. The average Bonchev–Trinajstić information content (AvgIpc) is 3.22. The Kier molecular flexibility index (Phi) is 6.66. The second kappa shape index (κ2) is 9.87. The van der Waals surface area contributed by atoms with Gasteiger partial charge in [-0.2, -0.15) is 13.2 Å². The summed E-state index contributed by atoms with van der Waals surface area (Å²) in [5.74, 6) is -0.193. The summed E-state index contributed by atoms with van der Waals surface area (Å²) in [5, 5.41) is 6.13. The van der Waals surface area contributed by atoms with Gasteiger partial charge in [-0.15, -0.1) is 0 Å². The lowest BCUT2D eigenvalue weighted by Gasteiger charge is -2.34. The molecule has 186 valence electrons. The van der Waals surface area contributed by atoms with Gasteiger partial charge in [0.1, 0.15) is 6.61 Å². The van der Waals surface area contributed by atoms with E-state index >= 15 is 0 Å². The maximum absolute atomic E-state index is 12.5. The van der Waals surface area contributed by atoms with Gasteiger partial charge < -0.3 is 15.4 Å². The Balaban J connectivity index is 1.13. The van der Waals surface area contributed by atoms with Gasteiger partial charge in [0.25, 0.3) is 6.02 Å². The molecule has 2 aliphatic heterocycles. The first-order valence-corrected chi connectivity index (χ1v) is 11.8. The fourth-order valence-corrected chi connectivity index (χ4v) is 4.85. The van der Waals surface area contributed by atoms with Gasteiger partial charge in [0.15, 0.2) is 0 Å². The minimum atomic E-state index is -4.20. The van der Waals surface area contributed by atoms with Crippen LogP contribution in [0.5, 0.6) is 0 Å². The second-order valence-corrected chi connectivity index (χ2v) is 9.19. The molecular weight excluding hydrogens is 459 g/mol. The number of carbonyl (C=O) groups is 1. The predicted octanol–water partition coefficient (Wildman–Crippen LogP) is 3.79. The Labute approximate surface area is 202 Å². The van der Waals surface area contributed by atoms with Gasteiger partial charge in [-0.3, -0.25) is 14.6 Å². The zero-order chi connectivity index (χ0) is 24.4. The Morgan fingerprint density at radius 2 is 1.86 bits per heavy atom. The number of nitrogens with zero attached hydrogens (tertiary/aromatic N) is 3. The number of piperazine rings is 1. The van der Waals surface area contributed by atoms with E-state index in [9.17, 15) is 18.0 Å². The Morgan fingerprint density at radius 1 is 1.09 bits per heavy atom. The van der Waals surface area contributed by atoms with Crippen molar-refractivity contribution in [3.63, 3.8) is 0 Å². The molecule has 1 fully saturated rings. The molecule has 1 aliphatic carbocycles. The zero-order valence-corrected chi connectivity index (χ0v) is 19.3. The van der Waals surface area contributed by atoms with Crippen LogP contribution in [-0.2, 0) is 22.6 Å². The van der Waals surface area contributed by atoms with E-state index < -0.39 is 12.7 Å². The van der Waals surface area contributed by atoms with E-state index in [4.69, 9.17) is 9.73 Å². The third kappa shape index (κ3) is 5.94. The molecule has 2 aromatic rings. The van der Waals surface area contributed by atoms with Gasteiger partial charge in [-0.1, -0.05) is 24.3 Å². The summed E-state index contributed by atoms with van der Waals surface area (Å²) in [5.41, 5.74) is 5.03. The van der Waals surface area contributed by atoms with Crippen molar-refractivity contribution in [2.75, 3.05) is 49.9 Å². The van der Waals surface area contributed by atoms with Gasteiger partial charge >= 0.3 is 6.18 Å². The highest BCUT2D eigenvalue weighted by Gasteiger charge is 2.32. The first kappa shape index (κ1) is 23.6. The highest BCUT2D eigenvalue weighted by Crippen LogP contribution is 2.35. The molecule has 3 aliphatic rings. The number of aryl methyl sites for hydroxylation is 1. The Bertz CT molecular complexity index is 1110. The molecule has 1 unspecified atom stereocenters. The summed E-state index contributed by atoms with van der Waals surface area (Å²) in [6, 6.07) is 14.5. The number of amides is 1. The SMILES string of the molecule is O=C(CN1CCN(CC(F)(F)F)CC1)Nc1ccc2c(c1)COC(=NC1CCc3ccccc31)N2. The van der Waals surface area contributed by atoms with Crippen LogP contribution in [-0.4, -0.2) is 67.2 Å². The van der Waals surface area contributed by atoms with Crippen molar-refractivity contribution in [3.8, 4) is 0 Å². The summed E-state index contributed by atoms with van der Waals surface area (Å²) in [6.07, 6.45) is -2.22. The molecule has 10 heteroatoms. The van der Waals surface area contributed by atoms with Crippen molar-refractivity contribution < 1.29 is 22.7 Å². The lowest BCUT2D eigenvalue weighted by Crippen LogP contribution is -2.50. The standard InChI is InChI=1S/C25H28F3N5O2/c26-25(27,28)16-33-11-9-32(10-12-33)14-23(34)29-19-6-8-21-18(13-19)15-35-24(30-21)31-22-7-5-17-3-1-2-4-20(17)22/h1-4,6,8,13,22H,5,7,9-12,14-16H2,(H,29,34)(H,30,31). The zero-order valence-electron chi connectivity index (χ0n) is 19.3. The Morgan fingerprint density at radius 3 is 2.66 bits per heavy atom. The number of benzene rings is 2. The van der Waals surface area contributed by atoms with E-state index in [-0.39, 0.29) is 18.5 Å². The van der Waals surface area contributed by atoms with Crippen LogP contribution in [0.25, 0.3) is 0 Å². The molecule has 1 saturated heterocycles. The molecular formula is C25H28F3N5O2. The smallest absolute Gasteiger partial charge is 0.401 e. The Hall–Kier alpha value is -3.11. The van der Waals surface area contributed by atoms with E-state index in [1.165, 1.54) is 16.0 Å². The summed E-state index contributed by atoms with van der Waals surface area (Å²) in [7, 11) is 0. The lowest BCUT2D eigenvalue weighted by molar-refractivity contribution is -0.149. The number of amidine groups is 1. The van der Waals surface area contributed by atoms with Crippen molar-refractivity contribution >= 4 is 23.3 Å². The molecule has 0 radical (unpaired) electrons. The summed E-state index contributed by atoms with van der Waals surface area (Å²) in [6.45, 7) is 1.04. The van der Waals surface area contributed by atoms with Gasteiger partial charge in [0.2, 0.25) is 5.91 Å². The van der Waals surface area contributed by atoms with Crippen LogP contribution in [0.15, 0.2) is 47.5 Å². The maximum atomic E-state index is 12.5. The molecule has 0 spiro atoms. The molecule has 2 aromatic carbocycles. The number of rotatable bonds is 5. The van der Waals surface area contributed by atoms with Gasteiger partial charge in [-0.05, 0) is 42.2 Å². The van der Waals surface area contributed by atoms with E-state index in [1.807, 2.05) is 29.2 Å². The number of hydrogen-bond donors (Lipinski definition) is 2. The molecule has 2 heterocycles. The minimum Gasteiger partial charge on any atom is -0.460 e. The predicted molar refractivity (Wildman–Crippen MR) is 127 cm³/mol. The molecule has 35 heavy (non-hydrogen) atoms. The first-order chi connectivity index (χ1) is 16.8. The largest absolute Gasteiger partial charge is 0.460 e. The van der Waals surface area contributed by atoms with Crippen molar-refractivity contribution in [1.29, 1.82) is 0 Å². The van der Waals surface area contributed by atoms with Crippen LogP contribution in [0.1, 0.15) is 29.2 Å². The molecule has 1 atom stereocenters. The van der Waals surface area contributed by atoms with E-state index in [1.54, 1.807) is 0 Å². The molecule has 0 bridgehead atoms. The number of nitrogens with one attached hydrogen (secondary N) is 2. The molecule has 0 saturated carbocycles. The summed E-state index contributed by atoms with van der Waals surface area (Å²) < 4.78 is 43.5. The molecule has 1 amide bonds. The maximum Gasteiger partial charge on any atom is 0.401 e. The summed E-state index contributed by atoms with van der Waals surface area (Å²) >= 11 is 0. The van der Waals surface area contributed by atoms with E-state index in [0.717, 1.165) is 24.1 Å². The van der Waals surface area contributed by atoms with Crippen molar-refractivity contribution in [3.05, 3.63) is 59.2 Å². The normalized spacial score (nSPS) is 21.7. The number of alkyl halides is 3. The topological polar surface area (TPSA) is 69.2 Å². The quantitative estimate of drug-likeness (QED) is 0.672. The summed E-state index contributed by atoms with van der Waals surface area (Å²) in [4.78, 5) is 20.5. The highest BCUT2D eigenvalue weighted by atomic mass is 19.4. The average molecular weight is 488 g/mol. The minimum absolute atomic E-state index is 0.0872. The van der Waals surface area contributed by atoms with Crippen LogP contribution < -0.4 is 10.6 Å². The number of hydrogen-bond acceptors (Lipinski definition) is 5. The molecule has 5 rings (SSSR count). The van der Waals surface area contributed by atoms with Gasteiger partial charge in [-0.25, -0.2) is 4.99 Å². The van der Waals surface area contributed by atoms with Crippen molar-refractivity contribution in [2.24, 2.45) is 4.99 Å². The monoisotopic (exact) mass is 487 g/mol. The van der Waals surface area contributed by atoms with Crippen molar-refractivity contribution in [2.45, 2.75) is 31.7 Å². The van der Waals surface area contributed by atoms with Crippen LogP contribution in [0.3, 0.4) is 0 Å². The van der Waals surface area contributed by atoms with Crippen LogP contribution in [0.4, 0.5) is 24.5 Å². The van der Waals surface area contributed by atoms with Crippen molar-refractivity contribution in [1.82, 2.24) is 9.80 Å². The fourth-order valence-electron chi connectivity index (χ4n) is 4.85. The first-order valence-electron chi connectivity index (χ1n) is 11.8. The third-order valence-corrected chi connectivity index (χ3v) is 6.60. The van der Waals surface area contributed by atoms with Crippen LogP contribution >= 0.6 is 0 Å². The number of aliphatic imine (C=N–C) groups is 1. The number of fused-ring (bicyclic) bond motifs is 2. The molecule has 2 N–H and O–H groups in total. The molecule has 0 aromatic heterocycles. The second-order valence-electron chi connectivity index (χ2n) is 9.19. The highest BCUT2D eigenvalue weighted by molar-refractivity contribution is 5.95.